The lowest BCUT2D eigenvalue weighted by molar-refractivity contribution is 0.395. The smallest absolute Gasteiger partial charge is 0.161 e. The molecule has 0 aliphatic rings. The van der Waals surface area contributed by atoms with E-state index in [-0.39, 0.29) is 17.2 Å². The number of aromatic hydroxyl groups is 3. The summed E-state index contributed by atoms with van der Waals surface area (Å²) in [5.74, 6) is -0.559. The second kappa shape index (κ2) is 2.53. The van der Waals surface area contributed by atoms with Crippen LogP contribution < -0.4 is 0 Å². The average molecular weight is 252 g/mol. The molecule has 0 atom stereocenters. The van der Waals surface area contributed by atoms with E-state index in [1.54, 1.807) is 0 Å². The molecule has 1 rings (SSSR count). The molecule has 0 aliphatic heterocycles. The highest BCUT2D eigenvalue weighted by molar-refractivity contribution is 14.1. The Balaban J connectivity index is 3.28. The molecule has 4 heteroatoms. The van der Waals surface area contributed by atoms with Gasteiger partial charge in [-0.1, -0.05) is 0 Å². The molecule has 0 aromatic heterocycles. The van der Waals surface area contributed by atoms with Crippen LogP contribution in [0.25, 0.3) is 0 Å². The highest BCUT2D eigenvalue weighted by atomic mass is 127. The maximum atomic E-state index is 8.95. The standard InChI is InChI=1S/C6H5IO3/c7-3-1-5(9)6(10)2-4(3)8/h1-2,8-10H. The van der Waals surface area contributed by atoms with Crippen molar-refractivity contribution in [2.75, 3.05) is 0 Å². The van der Waals surface area contributed by atoms with E-state index in [0.717, 1.165) is 6.07 Å². The predicted octanol–water partition coefficient (Wildman–Crippen LogP) is 1.41. The van der Waals surface area contributed by atoms with Crippen molar-refractivity contribution in [2.45, 2.75) is 0 Å². The van der Waals surface area contributed by atoms with Gasteiger partial charge in [-0.25, -0.2) is 0 Å². The third-order valence-corrected chi connectivity index (χ3v) is 1.91. The summed E-state index contributed by atoms with van der Waals surface area (Å²) in [6, 6.07) is 2.38. The topological polar surface area (TPSA) is 60.7 Å². The van der Waals surface area contributed by atoms with Gasteiger partial charge in [0.2, 0.25) is 0 Å². The minimum atomic E-state index is -0.307. The first kappa shape index (κ1) is 7.46. The molecule has 0 aliphatic carbocycles. The minimum absolute atomic E-state index is 0.0316. The normalized spacial score (nSPS) is 9.70. The molecule has 0 fully saturated rings. The first-order valence-electron chi connectivity index (χ1n) is 2.51. The molecule has 0 amide bonds. The summed E-state index contributed by atoms with van der Waals surface area (Å²) in [5, 5.41) is 26.6. The van der Waals surface area contributed by atoms with E-state index < -0.39 is 0 Å². The molecule has 0 saturated carbocycles. The highest BCUT2D eigenvalue weighted by Crippen LogP contribution is 2.32. The van der Waals surface area contributed by atoms with Gasteiger partial charge in [0.05, 0.1) is 3.57 Å². The van der Waals surface area contributed by atoms with Gasteiger partial charge in [-0.05, 0) is 22.6 Å². The fourth-order valence-electron chi connectivity index (χ4n) is 0.540. The summed E-state index contributed by atoms with van der Waals surface area (Å²) in [5.41, 5.74) is 0. The van der Waals surface area contributed by atoms with Crippen molar-refractivity contribution in [1.29, 1.82) is 0 Å². The van der Waals surface area contributed by atoms with Crippen molar-refractivity contribution in [2.24, 2.45) is 0 Å². The largest absolute Gasteiger partial charge is 0.507 e. The van der Waals surface area contributed by atoms with Crippen LogP contribution in [0.1, 0.15) is 0 Å². The molecule has 1 aromatic carbocycles. The van der Waals surface area contributed by atoms with E-state index in [1.165, 1.54) is 6.07 Å². The average Bonchev–Trinajstić information content (AvgIpc) is 1.84. The molecule has 0 saturated heterocycles. The van der Waals surface area contributed by atoms with Gasteiger partial charge < -0.3 is 15.3 Å². The van der Waals surface area contributed by atoms with Crippen molar-refractivity contribution < 1.29 is 15.3 Å². The van der Waals surface area contributed by atoms with Crippen LogP contribution in [0.15, 0.2) is 12.1 Å². The molecule has 0 bridgehead atoms. The predicted molar refractivity (Wildman–Crippen MR) is 44.2 cm³/mol. The number of halogens is 1. The van der Waals surface area contributed by atoms with Crippen LogP contribution in [-0.4, -0.2) is 15.3 Å². The maximum absolute atomic E-state index is 8.95. The van der Waals surface area contributed by atoms with Crippen molar-refractivity contribution in [3.63, 3.8) is 0 Å². The van der Waals surface area contributed by atoms with Crippen LogP contribution in [-0.2, 0) is 0 Å². The van der Waals surface area contributed by atoms with Gasteiger partial charge in [0.25, 0.3) is 0 Å². The van der Waals surface area contributed by atoms with Crippen LogP contribution in [0.4, 0.5) is 0 Å². The summed E-state index contributed by atoms with van der Waals surface area (Å²) in [4.78, 5) is 0. The van der Waals surface area contributed by atoms with Gasteiger partial charge in [0, 0.05) is 12.1 Å². The molecule has 10 heavy (non-hydrogen) atoms. The number of phenolic OH excluding ortho intramolecular Hbond substituents is 3. The molecule has 3 nitrogen and oxygen atoms in total. The van der Waals surface area contributed by atoms with Gasteiger partial charge in [-0.3, -0.25) is 0 Å². The van der Waals surface area contributed by atoms with Crippen LogP contribution in [0, 0.1) is 3.57 Å². The number of benzene rings is 1. The first-order valence-corrected chi connectivity index (χ1v) is 3.59. The Morgan fingerprint density at radius 1 is 0.900 bits per heavy atom. The van der Waals surface area contributed by atoms with Gasteiger partial charge in [0.15, 0.2) is 11.5 Å². The number of phenols is 3. The quantitative estimate of drug-likeness (QED) is 0.371. The van der Waals surface area contributed by atoms with E-state index in [1.807, 2.05) is 22.6 Å². The Labute approximate surface area is 71.1 Å². The lowest BCUT2D eigenvalue weighted by Gasteiger charge is -1.99. The Hall–Kier alpha value is -0.650. The van der Waals surface area contributed by atoms with Crippen LogP contribution in [0.2, 0.25) is 0 Å². The molecule has 0 unspecified atom stereocenters. The molecule has 0 radical (unpaired) electrons. The zero-order valence-corrected chi connectivity index (χ0v) is 7.03. The highest BCUT2D eigenvalue weighted by Gasteiger charge is 2.03. The Morgan fingerprint density at radius 2 is 1.40 bits per heavy atom. The molecule has 1 aromatic rings. The zero-order valence-electron chi connectivity index (χ0n) is 4.87. The van der Waals surface area contributed by atoms with Crippen molar-refractivity contribution in [1.82, 2.24) is 0 Å². The summed E-state index contributed by atoms with van der Waals surface area (Å²) in [7, 11) is 0. The lowest BCUT2D eigenvalue weighted by Crippen LogP contribution is -1.73. The second-order valence-corrected chi connectivity index (χ2v) is 2.95. The Bertz CT molecular complexity index is 209. The minimum Gasteiger partial charge on any atom is -0.507 e. The molecule has 0 heterocycles. The van der Waals surface area contributed by atoms with Gasteiger partial charge in [0.1, 0.15) is 5.75 Å². The lowest BCUT2D eigenvalue weighted by atomic mass is 10.3. The first-order chi connectivity index (χ1) is 4.61. The van der Waals surface area contributed by atoms with E-state index in [4.69, 9.17) is 15.3 Å². The third-order valence-electron chi connectivity index (χ3n) is 1.04. The van der Waals surface area contributed by atoms with E-state index in [0.29, 0.717) is 3.57 Å². The van der Waals surface area contributed by atoms with Gasteiger partial charge >= 0.3 is 0 Å². The third kappa shape index (κ3) is 1.26. The number of hydrogen-bond donors (Lipinski definition) is 3. The summed E-state index contributed by atoms with van der Waals surface area (Å²) >= 11 is 1.85. The fraction of sp³-hybridized carbons (Fsp3) is 0. The molecule has 3 N–H and O–H groups in total. The molecular formula is C6H5IO3. The van der Waals surface area contributed by atoms with Crippen LogP contribution in [0.5, 0.6) is 17.2 Å². The number of hydrogen-bond acceptors (Lipinski definition) is 3. The van der Waals surface area contributed by atoms with E-state index in [9.17, 15) is 0 Å². The van der Waals surface area contributed by atoms with Crippen LogP contribution >= 0.6 is 22.6 Å². The number of rotatable bonds is 0. The van der Waals surface area contributed by atoms with Crippen LogP contribution in [0.3, 0.4) is 0 Å². The van der Waals surface area contributed by atoms with E-state index in [2.05, 4.69) is 0 Å². The summed E-state index contributed by atoms with van der Waals surface area (Å²) in [6.45, 7) is 0. The monoisotopic (exact) mass is 252 g/mol. The Morgan fingerprint density at radius 3 is 1.90 bits per heavy atom. The Kier molecular flexibility index (Phi) is 1.89. The molecule has 0 spiro atoms. The fourth-order valence-corrected chi connectivity index (χ4v) is 0.991. The zero-order chi connectivity index (χ0) is 7.72. The van der Waals surface area contributed by atoms with Crippen molar-refractivity contribution >= 4 is 22.6 Å². The van der Waals surface area contributed by atoms with E-state index >= 15 is 0 Å². The summed E-state index contributed by atoms with van der Waals surface area (Å²) < 4.78 is 0.507. The second-order valence-electron chi connectivity index (χ2n) is 1.79. The maximum Gasteiger partial charge on any atom is 0.161 e. The molecule has 54 valence electrons. The SMILES string of the molecule is Oc1cc(O)c(I)cc1O. The van der Waals surface area contributed by atoms with Crippen molar-refractivity contribution in [3.05, 3.63) is 15.7 Å². The van der Waals surface area contributed by atoms with Gasteiger partial charge in [-0.2, -0.15) is 0 Å². The van der Waals surface area contributed by atoms with Gasteiger partial charge in [-0.15, -0.1) is 0 Å². The summed E-state index contributed by atoms with van der Waals surface area (Å²) in [6.07, 6.45) is 0. The van der Waals surface area contributed by atoms with Crippen molar-refractivity contribution in [3.8, 4) is 17.2 Å². The molecular weight excluding hydrogens is 247 g/mol.